The molecule has 19 heavy (non-hydrogen) atoms. The van der Waals surface area contributed by atoms with Crippen LogP contribution in [0.5, 0.6) is 0 Å². The molecule has 1 aromatic heterocycles. The average molecular weight is 282 g/mol. The van der Waals surface area contributed by atoms with Crippen molar-refractivity contribution in [2.75, 3.05) is 13.2 Å². The van der Waals surface area contributed by atoms with E-state index in [9.17, 15) is 28.1 Å². The molecule has 1 rings (SSSR count). The van der Waals surface area contributed by atoms with Crippen LogP contribution in [-0.4, -0.2) is 40.0 Å². The fraction of sp³-hybridized carbons (Fsp3) is 0.444. The van der Waals surface area contributed by atoms with Crippen molar-refractivity contribution in [1.82, 2.24) is 4.57 Å². The molecule has 106 valence electrons. The lowest BCUT2D eigenvalue weighted by molar-refractivity contribution is -0.384. The molecule has 1 N–H and O–H groups in total. The number of nitrogens with zero attached hydrogens (tertiary/aromatic N) is 2. The Morgan fingerprint density at radius 2 is 2.16 bits per heavy atom. The molecule has 0 amide bonds. The van der Waals surface area contributed by atoms with Gasteiger partial charge in [0.2, 0.25) is 0 Å². The predicted octanol–water partition coefficient (Wildman–Crippen LogP) is 1.67. The third-order valence-electron chi connectivity index (χ3n) is 2.05. The van der Waals surface area contributed by atoms with Crippen molar-refractivity contribution < 1.29 is 32.7 Å². The van der Waals surface area contributed by atoms with Crippen LogP contribution in [0, 0.1) is 10.1 Å². The van der Waals surface area contributed by atoms with E-state index in [0.29, 0.717) is 0 Å². The quantitative estimate of drug-likeness (QED) is 0.486. The molecule has 1 aromatic rings. The number of aromatic carboxylic acids is 1. The predicted molar refractivity (Wildman–Crippen MR) is 54.9 cm³/mol. The average Bonchev–Trinajstić information content (AvgIpc) is 2.67. The summed E-state index contributed by atoms with van der Waals surface area (Å²) < 4.78 is 40.6. The molecule has 0 aliphatic heterocycles. The number of aromatic nitrogens is 1. The molecule has 0 saturated carbocycles. The van der Waals surface area contributed by atoms with Gasteiger partial charge in [0.1, 0.15) is 12.3 Å². The van der Waals surface area contributed by atoms with Gasteiger partial charge in [-0.15, -0.1) is 0 Å². The Morgan fingerprint density at radius 1 is 1.53 bits per heavy atom. The Labute approximate surface area is 104 Å². The highest BCUT2D eigenvalue weighted by Gasteiger charge is 2.27. The number of nitro groups is 1. The third kappa shape index (κ3) is 4.58. The second-order valence-electron chi connectivity index (χ2n) is 3.51. The second-order valence-corrected chi connectivity index (χ2v) is 3.51. The van der Waals surface area contributed by atoms with Gasteiger partial charge < -0.3 is 14.4 Å². The highest BCUT2D eigenvalue weighted by molar-refractivity contribution is 5.86. The first-order valence-electron chi connectivity index (χ1n) is 4.93. The van der Waals surface area contributed by atoms with Crippen LogP contribution in [0.2, 0.25) is 0 Å². The lowest BCUT2D eigenvalue weighted by atomic mass is 10.4. The van der Waals surface area contributed by atoms with Crippen LogP contribution < -0.4 is 0 Å². The lowest BCUT2D eigenvalue weighted by Gasteiger charge is -2.08. The highest BCUT2D eigenvalue weighted by Crippen LogP contribution is 2.17. The molecule has 0 spiro atoms. The zero-order valence-electron chi connectivity index (χ0n) is 9.38. The van der Waals surface area contributed by atoms with Gasteiger partial charge in [0, 0.05) is 12.6 Å². The molecule has 0 aliphatic rings. The van der Waals surface area contributed by atoms with Crippen molar-refractivity contribution in [3.05, 3.63) is 28.1 Å². The van der Waals surface area contributed by atoms with E-state index in [-0.39, 0.29) is 12.2 Å². The Bertz CT molecular complexity index is 483. The summed E-state index contributed by atoms with van der Waals surface area (Å²) in [5.41, 5.74) is -0.837. The van der Waals surface area contributed by atoms with Gasteiger partial charge in [-0.3, -0.25) is 10.1 Å². The summed E-state index contributed by atoms with van der Waals surface area (Å²) in [7, 11) is 0. The first kappa shape index (κ1) is 15.0. The standard InChI is InChI=1S/C9H9F3N2O5/c10-9(11,12)5-19-2-1-13-4-6(14(17)18)3-7(13)8(15)16/h3-4H,1-2,5H2,(H,15,16). The second kappa shape index (κ2) is 5.69. The van der Waals surface area contributed by atoms with Gasteiger partial charge >= 0.3 is 12.1 Å². The minimum atomic E-state index is -4.47. The van der Waals surface area contributed by atoms with Crippen LogP contribution in [0.1, 0.15) is 10.5 Å². The van der Waals surface area contributed by atoms with Crippen LogP contribution in [0.15, 0.2) is 12.3 Å². The number of hydrogen-bond acceptors (Lipinski definition) is 4. The van der Waals surface area contributed by atoms with Gasteiger partial charge in [-0.2, -0.15) is 13.2 Å². The van der Waals surface area contributed by atoms with Crippen LogP contribution in [0.4, 0.5) is 18.9 Å². The minimum Gasteiger partial charge on any atom is -0.477 e. The summed E-state index contributed by atoms with van der Waals surface area (Å²) >= 11 is 0. The molecule has 7 nitrogen and oxygen atoms in total. The van der Waals surface area contributed by atoms with Crippen molar-refractivity contribution >= 4 is 11.7 Å². The lowest BCUT2D eigenvalue weighted by Crippen LogP contribution is -2.19. The number of rotatable bonds is 6. The van der Waals surface area contributed by atoms with Gasteiger partial charge in [0.15, 0.2) is 0 Å². The summed E-state index contributed by atoms with van der Waals surface area (Å²) in [6.45, 7) is -2.10. The van der Waals surface area contributed by atoms with Gasteiger partial charge in [-0.05, 0) is 0 Å². The minimum absolute atomic E-state index is 0.231. The van der Waals surface area contributed by atoms with Crippen LogP contribution >= 0.6 is 0 Å². The summed E-state index contributed by atoms with van der Waals surface area (Å²) in [6, 6.07) is 0.825. The Balaban J connectivity index is 2.67. The van der Waals surface area contributed by atoms with Crippen molar-refractivity contribution in [3.8, 4) is 0 Å². The van der Waals surface area contributed by atoms with Crippen LogP contribution in [0.25, 0.3) is 0 Å². The Kier molecular flexibility index (Phi) is 4.48. The van der Waals surface area contributed by atoms with Crippen LogP contribution in [-0.2, 0) is 11.3 Å². The smallest absolute Gasteiger partial charge is 0.411 e. The largest absolute Gasteiger partial charge is 0.477 e. The monoisotopic (exact) mass is 282 g/mol. The zero-order chi connectivity index (χ0) is 14.6. The molecular formula is C9H9F3N2O5. The van der Waals surface area contributed by atoms with Crippen molar-refractivity contribution in [2.24, 2.45) is 0 Å². The summed E-state index contributed by atoms with van der Waals surface area (Å²) in [6.07, 6.45) is -3.54. The normalized spacial score (nSPS) is 11.5. The molecule has 0 aromatic carbocycles. The fourth-order valence-electron chi connectivity index (χ4n) is 1.31. The Hall–Kier alpha value is -2.10. The number of carboxylic acid groups (broad SMARTS) is 1. The number of hydrogen-bond donors (Lipinski definition) is 1. The molecule has 0 atom stereocenters. The molecule has 0 aliphatic carbocycles. The first-order chi connectivity index (χ1) is 8.70. The van der Waals surface area contributed by atoms with E-state index >= 15 is 0 Å². The van der Waals surface area contributed by atoms with Crippen LogP contribution in [0.3, 0.4) is 0 Å². The van der Waals surface area contributed by atoms with E-state index in [1.807, 2.05) is 0 Å². The molecule has 0 unspecified atom stereocenters. The van der Waals surface area contributed by atoms with E-state index in [0.717, 1.165) is 16.8 Å². The maximum atomic E-state index is 11.8. The fourth-order valence-corrected chi connectivity index (χ4v) is 1.31. The zero-order valence-corrected chi connectivity index (χ0v) is 9.38. The summed E-state index contributed by atoms with van der Waals surface area (Å²) in [5, 5.41) is 19.3. The highest BCUT2D eigenvalue weighted by atomic mass is 19.4. The van der Waals surface area contributed by atoms with Crippen molar-refractivity contribution in [1.29, 1.82) is 0 Å². The van der Waals surface area contributed by atoms with Crippen molar-refractivity contribution in [2.45, 2.75) is 12.7 Å². The van der Waals surface area contributed by atoms with E-state index in [2.05, 4.69) is 4.74 Å². The van der Waals surface area contributed by atoms with E-state index in [4.69, 9.17) is 5.11 Å². The number of ether oxygens (including phenoxy) is 1. The molecule has 0 fully saturated rings. The molecule has 0 bridgehead atoms. The third-order valence-corrected chi connectivity index (χ3v) is 2.05. The van der Waals surface area contributed by atoms with Gasteiger partial charge in [-0.1, -0.05) is 0 Å². The van der Waals surface area contributed by atoms with Gasteiger partial charge in [0.25, 0.3) is 5.69 Å². The van der Waals surface area contributed by atoms with E-state index < -0.39 is 36.0 Å². The first-order valence-corrected chi connectivity index (χ1v) is 4.93. The van der Waals surface area contributed by atoms with Gasteiger partial charge in [0.05, 0.1) is 17.7 Å². The molecule has 10 heteroatoms. The molecule has 1 heterocycles. The number of alkyl halides is 3. The Morgan fingerprint density at radius 3 is 2.63 bits per heavy atom. The van der Waals surface area contributed by atoms with E-state index in [1.165, 1.54) is 0 Å². The topological polar surface area (TPSA) is 94.6 Å². The molecule has 0 radical (unpaired) electrons. The molecule has 0 saturated heterocycles. The maximum Gasteiger partial charge on any atom is 0.411 e. The maximum absolute atomic E-state index is 11.8. The van der Waals surface area contributed by atoms with Crippen molar-refractivity contribution in [3.63, 3.8) is 0 Å². The van der Waals surface area contributed by atoms with E-state index in [1.54, 1.807) is 0 Å². The number of carbonyl (C=O) groups is 1. The number of halogens is 3. The summed E-state index contributed by atoms with van der Waals surface area (Å²) in [5.74, 6) is -1.41. The number of carboxylic acids is 1. The molecular weight excluding hydrogens is 273 g/mol. The van der Waals surface area contributed by atoms with Gasteiger partial charge in [-0.25, -0.2) is 4.79 Å². The SMILES string of the molecule is O=C(O)c1cc([N+](=O)[O-])cn1CCOCC(F)(F)F. The summed E-state index contributed by atoms with van der Waals surface area (Å²) in [4.78, 5) is 20.5.